The van der Waals surface area contributed by atoms with Crippen molar-refractivity contribution in [3.63, 3.8) is 0 Å². The smallest absolute Gasteiger partial charge is 0.339 e. The number of hydrogen-bond acceptors (Lipinski definition) is 6. The first kappa shape index (κ1) is 20.4. The third-order valence-electron chi connectivity index (χ3n) is 4.19. The van der Waals surface area contributed by atoms with Gasteiger partial charge in [0.15, 0.2) is 9.84 Å². The zero-order valence-electron chi connectivity index (χ0n) is 14.5. The van der Waals surface area contributed by atoms with Crippen molar-refractivity contribution >= 4 is 43.1 Å². The molecule has 0 aliphatic heterocycles. The number of carboxylic acid groups (broad SMARTS) is 1. The Morgan fingerprint density at radius 3 is 2.46 bits per heavy atom. The van der Waals surface area contributed by atoms with Crippen LogP contribution >= 0.6 is 27.3 Å². The van der Waals surface area contributed by atoms with Crippen LogP contribution in [0.4, 0.5) is 0 Å². The molecule has 1 aromatic heterocycles. The summed E-state index contributed by atoms with van der Waals surface area (Å²) in [7, 11) is -4.06. The van der Waals surface area contributed by atoms with Crippen LogP contribution in [0.5, 0.6) is 11.5 Å². The van der Waals surface area contributed by atoms with E-state index in [-0.39, 0.29) is 16.0 Å². The fourth-order valence-electron chi connectivity index (χ4n) is 2.83. The summed E-state index contributed by atoms with van der Waals surface area (Å²) in [4.78, 5) is 12.2. The first-order valence-electron chi connectivity index (χ1n) is 7.95. The lowest BCUT2D eigenvalue weighted by atomic mass is 10.00. The van der Waals surface area contributed by atoms with Gasteiger partial charge in [-0.15, -0.1) is 11.3 Å². The number of hydrogen-bond donors (Lipinski definition) is 3. The predicted octanol–water partition coefficient (Wildman–Crippen LogP) is 4.57. The number of aromatic carboxylic acids is 1. The number of rotatable bonds is 5. The Hall–Kier alpha value is -2.36. The van der Waals surface area contributed by atoms with Crippen LogP contribution in [0, 0.1) is 6.92 Å². The number of carbonyl (C=O) groups is 1. The van der Waals surface area contributed by atoms with Gasteiger partial charge in [0.1, 0.15) is 22.0 Å². The molecule has 3 rings (SSSR count). The Morgan fingerprint density at radius 1 is 1.14 bits per heavy atom. The normalized spacial score (nSPS) is 11.5. The van der Waals surface area contributed by atoms with Gasteiger partial charge >= 0.3 is 5.97 Å². The summed E-state index contributed by atoms with van der Waals surface area (Å²) < 4.78 is 26.1. The number of thiophene rings is 1. The van der Waals surface area contributed by atoms with Crippen molar-refractivity contribution in [1.29, 1.82) is 0 Å². The monoisotopic (exact) mass is 482 g/mol. The molecule has 0 amide bonds. The highest BCUT2D eigenvalue weighted by Crippen LogP contribution is 2.36. The number of halogens is 1. The Balaban J connectivity index is 2.16. The summed E-state index contributed by atoms with van der Waals surface area (Å²) in [5, 5.41) is 31.6. The first-order valence-corrected chi connectivity index (χ1v) is 11.3. The number of aryl methyl sites for hydroxylation is 1. The van der Waals surface area contributed by atoms with E-state index in [4.69, 9.17) is 0 Å². The second kappa shape index (κ2) is 7.57. The van der Waals surface area contributed by atoms with E-state index in [2.05, 4.69) is 15.9 Å². The van der Waals surface area contributed by atoms with Gasteiger partial charge in [0, 0.05) is 14.9 Å². The van der Waals surface area contributed by atoms with Gasteiger partial charge in [-0.3, -0.25) is 0 Å². The SMILES string of the molecule is Cc1sccc1-c1cc(CS(=O)(=O)c2cc(Br)ccc2O)c(O)c(C(=O)O)c1. The number of phenolic OH excluding ortho intramolecular Hbond substituents is 1. The van der Waals surface area contributed by atoms with E-state index in [0.29, 0.717) is 10.0 Å². The van der Waals surface area contributed by atoms with Gasteiger partial charge < -0.3 is 15.3 Å². The van der Waals surface area contributed by atoms with Crippen molar-refractivity contribution < 1.29 is 28.5 Å². The van der Waals surface area contributed by atoms with Crippen LogP contribution < -0.4 is 0 Å². The fourth-order valence-corrected chi connectivity index (χ4v) is 5.54. The maximum Gasteiger partial charge on any atom is 0.339 e. The largest absolute Gasteiger partial charge is 0.507 e. The van der Waals surface area contributed by atoms with E-state index in [1.807, 2.05) is 12.3 Å². The minimum Gasteiger partial charge on any atom is -0.507 e. The Labute approximate surface area is 173 Å². The molecule has 0 fully saturated rings. The van der Waals surface area contributed by atoms with Crippen LogP contribution in [-0.2, 0) is 15.6 Å². The van der Waals surface area contributed by atoms with Gasteiger partial charge in [0.25, 0.3) is 0 Å². The number of phenols is 2. The molecule has 0 spiro atoms. The topological polar surface area (TPSA) is 112 Å². The van der Waals surface area contributed by atoms with Crippen LogP contribution in [0.1, 0.15) is 20.8 Å². The third-order valence-corrected chi connectivity index (χ3v) is 7.22. The van der Waals surface area contributed by atoms with Crippen LogP contribution in [0.15, 0.2) is 51.1 Å². The third kappa shape index (κ3) is 3.91. The highest BCUT2D eigenvalue weighted by atomic mass is 79.9. The Bertz CT molecular complexity index is 1180. The quantitative estimate of drug-likeness (QED) is 0.490. The van der Waals surface area contributed by atoms with E-state index in [0.717, 1.165) is 10.4 Å². The van der Waals surface area contributed by atoms with Gasteiger partial charge in [-0.05, 0) is 59.8 Å². The summed E-state index contributed by atoms with van der Waals surface area (Å²) in [6, 6.07) is 8.57. The molecule has 3 aromatic rings. The molecule has 1 heterocycles. The molecular weight excluding hydrogens is 468 g/mol. The minimum atomic E-state index is -4.06. The molecule has 146 valence electrons. The maximum absolute atomic E-state index is 12.8. The van der Waals surface area contributed by atoms with Crippen molar-refractivity contribution in [2.45, 2.75) is 17.6 Å². The zero-order chi connectivity index (χ0) is 20.6. The van der Waals surface area contributed by atoms with E-state index in [1.165, 1.54) is 41.7 Å². The van der Waals surface area contributed by atoms with Crippen LogP contribution in [0.2, 0.25) is 0 Å². The van der Waals surface area contributed by atoms with Gasteiger partial charge in [0.05, 0.1) is 5.75 Å². The Morgan fingerprint density at radius 2 is 1.86 bits per heavy atom. The average Bonchev–Trinajstić information content (AvgIpc) is 3.04. The molecule has 0 saturated carbocycles. The number of carboxylic acids is 1. The van der Waals surface area contributed by atoms with E-state index in [1.54, 1.807) is 6.07 Å². The molecule has 0 saturated heterocycles. The second-order valence-electron chi connectivity index (χ2n) is 6.10. The van der Waals surface area contributed by atoms with Crippen LogP contribution in [-0.4, -0.2) is 29.7 Å². The average molecular weight is 483 g/mol. The van der Waals surface area contributed by atoms with Crippen molar-refractivity contribution in [3.05, 3.63) is 62.3 Å². The van der Waals surface area contributed by atoms with E-state index in [9.17, 15) is 28.5 Å². The lowest BCUT2D eigenvalue weighted by Crippen LogP contribution is -2.08. The molecule has 0 aliphatic carbocycles. The number of aromatic hydroxyl groups is 2. The Kier molecular flexibility index (Phi) is 5.51. The summed E-state index contributed by atoms with van der Waals surface area (Å²) in [6.07, 6.45) is 0. The maximum atomic E-state index is 12.8. The van der Waals surface area contributed by atoms with Crippen LogP contribution in [0.3, 0.4) is 0 Å². The predicted molar refractivity (Wildman–Crippen MR) is 110 cm³/mol. The van der Waals surface area contributed by atoms with Crippen molar-refractivity contribution in [2.75, 3.05) is 0 Å². The molecule has 0 unspecified atom stereocenters. The molecule has 9 heteroatoms. The minimum absolute atomic E-state index is 0.0557. The summed E-state index contributed by atoms with van der Waals surface area (Å²) in [5.41, 5.74) is 0.820. The van der Waals surface area contributed by atoms with Gasteiger partial charge in [-0.1, -0.05) is 15.9 Å². The van der Waals surface area contributed by atoms with Gasteiger partial charge in [-0.2, -0.15) is 0 Å². The molecule has 2 aromatic carbocycles. The summed E-state index contributed by atoms with van der Waals surface area (Å²) in [5.74, 6) is -3.07. The lowest BCUT2D eigenvalue weighted by Gasteiger charge is -2.13. The molecule has 0 bridgehead atoms. The molecule has 6 nitrogen and oxygen atoms in total. The van der Waals surface area contributed by atoms with Crippen molar-refractivity contribution in [1.82, 2.24) is 0 Å². The fraction of sp³-hybridized carbons (Fsp3) is 0.105. The highest BCUT2D eigenvalue weighted by Gasteiger charge is 2.25. The molecule has 3 N–H and O–H groups in total. The summed E-state index contributed by atoms with van der Waals surface area (Å²) in [6.45, 7) is 1.86. The van der Waals surface area contributed by atoms with E-state index < -0.39 is 33.1 Å². The second-order valence-corrected chi connectivity index (χ2v) is 10.1. The first-order chi connectivity index (χ1) is 13.1. The molecular formula is C19H15BrO6S2. The summed E-state index contributed by atoms with van der Waals surface area (Å²) >= 11 is 4.63. The van der Waals surface area contributed by atoms with Crippen molar-refractivity contribution in [2.24, 2.45) is 0 Å². The standard InChI is InChI=1S/C19H15BrO6S2/c1-10-14(4-5-27-10)11-6-12(18(22)15(7-11)19(23)24)9-28(25,26)17-8-13(20)2-3-16(17)21/h2-8,21-22H,9H2,1H3,(H,23,24). The van der Waals surface area contributed by atoms with E-state index >= 15 is 0 Å². The van der Waals surface area contributed by atoms with Gasteiger partial charge in [0.2, 0.25) is 0 Å². The van der Waals surface area contributed by atoms with Crippen molar-refractivity contribution in [3.8, 4) is 22.6 Å². The van der Waals surface area contributed by atoms with Crippen LogP contribution in [0.25, 0.3) is 11.1 Å². The molecule has 28 heavy (non-hydrogen) atoms. The number of sulfone groups is 1. The molecule has 0 atom stereocenters. The lowest BCUT2D eigenvalue weighted by molar-refractivity contribution is 0.0693. The zero-order valence-corrected chi connectivity index (χ0v) is 17.7. The molecule has 0 radical (unpaired) electrons. The highest BCUT2D eigenvalue weighted by molar-refractivity contribution is 9.10. The molecule has 0 aliphatic rings. The number of benzene rings is 2. The van der Waals surface area contributed by atoms with Gasteiger partial charge in [-0.25, -0.2) is 13.2 Å².